The van der Waals surface area contributed by atoms with E-state index in [1.165, 1.54) is 0 Å². The van der Waals surface area contributed by atoms with E-state index in [9.17, 15) is 19.8 Å². The topological polar surface area (TPSA) is 113 Å². The van der Waals surface area contributed by atoms with Gasteiger partial charge in [0.05, 0.1) is 23.4 Å². The Hall–Kier alpha value is -1.18. The SMILES string of the molecule is CC(C)(O)C1CCC(C)(C2CC[C@]3(C)[C@@H]2C(O)C[C@@H]2[C@@]4(C)CCC(OC(=O)CC(=O)O)C(C)(C)C4CC[C@]23C)O1. The molecule has 11 atom stereocenters. The number of ether oxygens (including phenoxy) is 2. The molecular formula is C33H54O7. The van der Waals surface area contributed by atoms with E-state index in [1.807, 2.05) is 13.8 Å². The second kappa shape index (κ2) is 9.41. The summed E-state index contributed by atoms with van der Waals surface area (Å²) >= 11 is 0. The Bertz CT molecular complexity index is 1030. The zero-order chi connectivity index (χ0) is 29.7. The molecule has 3 N–H and O–H groups in total. The first-order valence-electron chi connectivity index (χ1n) is 15.8. The molecule has 0 bridgehead atoms. The lowest BCUT2D eigenvalue weighted by molar-refractivity contribution is -0.251. The molecule has 0 amide bonds. The summed E-state index contributed by atoms with van der Waals surface area (Å²) in [5.41, 5.74) is -1.42. The summed E-state index contributed by atoms with van der Waals surface area (Å²) in [6, 6.07) is 0. The average molecular weight is 563 g/mol. The maximum absolute atomic E-state index is 12.3. The molecule has 0 radical (unpaired) electrons. The summed E-state index contributed by atoms with van der Waals surface area (Å²) in [4.78, 5) is 23.4. The summed E-state index contributed by atoms with van der Waals surface area (Å²) in [5.74, 6) is -0.694. The Kier molecular flexibility index (Phi) is 7.12. The van der Waals surface area contributed by atoms with Gasteiger partial charge in [0.2, 0.25) is 0 Å². The molecule has 228 valence electrons. The van der Waals surface area contributed by atoms with Gasteiger partial charge in [-0.2, -0.15) is 0 Å². The van der Waals surface area contributed by atoms with Crippen LogP contribution in [0.15, 0.2) is 0 Å². The van der Waals surface area contributed by atoms with Gasteiger partial charge in [-0.1, -0.05) is 34.6 Å². The number of hydrogen-bond acceptors (Lipinski definition) is 6. The van der Waals surface area contributed by atoms with Crippen LogP contribution in [0.4, 0.5) is 0 Å². The van der Waals surface area contributed by atoms with Crippen LogP contribution in [0.2, 0.25) is 0 Å². The molecule has 1 saturated heterocycles. The van der Waals surface area contributed by atoms with Crippen molar-refractivity contribution in [2.45, 2.75) is 149 Å². The minimum atomic E-state index is -1.15. The van der Waals surface area contributed by atoms with E-state index < -0.39 is 30.1 Å². The molecule has 0 aromatic rings. The van der Waals surface area contributed by atoms with E-state index in [-0.39, 0.29) is 51.3 Å². The highest BCUT2D eigenvalue weighted by atomic mass is 16.5. The van der Waals surface area contributed by atoms with Crippen molar-refractivity contribution < 1.29 is 34.4 Å². The molecule has 5 rings (SSSR count). The van der Waals surface area contributed by atoms with E-state index >= 15 is 0 Å². The minimum absolute atomic E-state index is 0.000972. The Morgan fingerprint density at radius 1 is 0.900 bits per heavy atom. The standard InChI is InChI=1S/C33H54O7/c1-28(2)21-10-15-31(6)22(30(21,5)13-11-23(28)39-26(37)18-25(35)36)17-20(34)27-19(9-14-32(27,31)7)33(8)16-12-24(40-33)29(3,4)38/h19-24,27,34,38H,9-18H2,1-8H3,(H,35,36)/t19?,20?,21?,22-,23?,24?,27+,30+,31-,32-,33?/m1/s1. The minimum Gasteiger partial charge on any atom is -0.481 e. The van der Waals surface area contributed by atoms with E-state index in [0.717, 1.165) is 57.8 Å². The molecule has 5 fully saturated rings. The third-order valence-electron chi connectivity index (χ3n) is 13.8. The van der Waals surface area contributed by atoms with E-state index in [0.29, 0.717) is 11.8 Å². The molecule has 4 saturated carbocycles. The Morgan fingerprint density at radius 3 is 2.15 bits per heavy atom. The first-order valence-corrected chi connectivity index (χ1v) is 15.8. The predicted molar refractivity (Wildman–Crippen MR) is 151 cm³/mol. The van der Waals surface area contributed by atoms with E-state index in [4.69, 9.17) is 14.6 Å². The first kappa shape index (κ1) is 30.3. The molecule has 7 nitrogen and oxygen atoms in total. The number of rotatable bonds is 5. The Balaban J connectivity index is 1.41. The van der Waals surface area contributed by atoms with Crippen molar-refractivity contribution in [1.29, 1.82) is 0 Å². The maximum Gasteiger partial charge on any atom is 0.317 e. The summed E-state index contributed by atoms with van der Waals surface area (Å²) in [5, 5.41) is 31.8. The van der Waals surface area contributed by atoms with Crippen LogP contribution < -0.4 is 0 Å². The second-order valence-corrected chi connectivity index (χ2v) is 16.5. The summed E-state index contributed by atoms with van der Waals surface area (Å²) in [6.45, 7) is 17.7. The van der Waals surface area contributed by atoms with Crippen molar-refractivity contribution in [3.8, 4) is 0 Å². The van der Waals surface area contributed by atoms with Gasteiger partial charge in [0.25, 0.3) is 0 Å². The van der Waals surface area contributed by atoms with Gasteiger partial charge in [0, 0.05) is 5.41 Å². The molecule has 7 heteroatoms. The highest BCUT2D eigenvalue weighted by molar-refractivity contribution is 5.90. The van der Waals surface area contributed by atoms with Gasteiger partial charge in [-0.25, -0.2) is 0 Å². The lowest BCUT2D eigenvalue weighted by Crippen LogP contribution is -2.66. The molecule has 0 spiro atoms. The number of hydrogen-bond donors (Lipinski definition) is 3. The Morgan fingerprint density at radius 2 is 1.55 bits per heavy atom. The number of carboxylic acids is 1. The number of fused-ring (bicyclic) bond motifs is 5. The summed E-state index contributed by atoms with van der Waals surface area (Å²) in [7, 11) is 0. The number of aliphatic hydroxyl groups is 2. The molecule has 1 heterocycles. The summed E-state index contributed by atoms with van der Waals surface area (Å²) < 4.78 is 12.5. The normalized spacial score (nSPS) is 50.0. The fourth-order valence-electron chi connectivity index (χ4n) is 11.6. The van der Waals surface area contributed by atoms with Crippen LogP contribution in [-0.2, 0) is 19.1 Å². The smallest absolute Gasteiger partial charge is 0.317 e. The molecular weight excluding hydrogens is 508 g/mol. The van der Waals surface area contributed by atoms with Gasteiger partial charge in [-0.05, 0) is 118 Å². The lowest BCUT2D eigenvalue weighted by atomic mass is 9.35. The highest BCUT2D eigenvalue weighted by Gasteiger charge is 2.72. The average Bonchev–Trinajstić information content (AvgIpc) is 3.40. The molecule has 1 aliphatic heterocycles. The van der Waals surface area contributed by atoms with Crippen LogP contribution in [0.1, 0.15) is 120 Å². The zero-order valence-corrected chi connectivity index (χ0v) is 26.1. The quantitative estimate of drug-likeness (QED) is 0.289. The van der Waals surface area contributed by atoms with Crippen LogP contribution in [0.25, 0.3) is 0 Å². The molecule has 5 aliphatic rings. The molecule has 0 aromatic heterocycles. The lowest BCUT2D eigenvalue weighted by Gasteiger charge is -2.70. The van der Waals surface area contributed by atoms with Crippen molar-refractivity contribution in [3.63, 3.8) is 0 Å². The van der Waals surface area contributed by atoms with Gasteiger partial charge < -0.3 is 24.8 Å². The van der Waals surface area contributed by atoms with Crippen LogP contribution in [0.5, 0.6) is 0 Å². The molecule has 40 heavy (non-hydrogen) atoms. The van der Waals surface area contributed by atoms with Gasteiger partial charge in [-0.15, -0.1) is 0 Å². The Labute approximate surface area is 240 Å². The third kappa shape index (κ3) is 4.30. The van der Waals surface area contributed by atoms with Gasteiger partial charge in [0.15, 0.2) is 0 Å². The number of aliphatic carboxylic acids is 1. The van der Waals surface area contributed by atoms with E-state index in [2.05, 4.69) is 41.5 Å². The van der Waals surface area contributed by atoms with Gasteiger partial charge in [0.1, 0.15) is 12.5 Å². The highest BCUT2D eigenvalue weighted by Crippen LogP contribution is 2.76. The zero-order valence-electron chi connectivity index (χ0n) is 26.1. The fourth-order valence-corrected chi connectivity index (χ4v) is 11.6. The third-order valence-corrected chi connectivity index (χ3v) is 13.8. The second-order valence-electron chi connectivity index (χ2n) is 16.5. The molecule has 6 unspecified atom stereocenters. The fraction of sp³-hybridized carbons (Fsp3) is 0.939. The number of aliphatic hydroxyl groups excluding tert-OH is 1. The van der Waals surface area contributed by atoms with Crippen LogP contribution in [0.3, 0.4) is 0 Å². The largest absolute Gasteiger partial charge is 0.481 e. The van der Waals surface area contributed by atoms with Crippen LogP contribution in [-0.4, -0.2) is 56.8 Å². The number of carboxylic acid groups (broad SMARTS) is 1. The van der Waals surface area contributed by atoms with Crippen molar-refractivity contribution in [2.75, 3.05) is 0 Å². The van der Waals surface area contributed by atoms with Crippen molar-refractivity contribution >= 4 is 11.9 Å². The maximum atomic E-state index is 12.3. The van der Waals surface area contributed by atoms with Crippen LogP contribution >= 0.6 is 0 Å². The molecule has 4 aliphatic carbocycles. The summed E-state index contributed by atoms with van der Waals surface area (Å²) in [6.07, 6.45) is 6.97. The van der Waals surface area contributed by atoms with Gasteiger partial charge >= 0.3 is 11.9 Å². The first-order chi connectivity index (χ1) is 18.3. The van der Waals surface area contributed by atoms with Crippen molar-refractivity contribution in [1.82, 2.24) is 0 Å². The number of esters is 1. The predicted octanol–water partition coefficient (Wildman–Crippen LogP) is 5.74. The van der Waals surface area contributed by atoms with Crippen molar-refractivity contribution in [2.24, 2.45) is 45.3 Å². The van der Waals surface area contributed by atoms with Crippen LogP contribution in [0, 0.1) is 45.3 Å². The van der Waals surface area contributed by atoms with Gasteiger partial charge in [-0.3, -0.25) is 9.59 Å². The van der Waals surface area contributed by atoms with Crippen molar-refractivity contribution in [3.05, 3.63) is 0 Å². The number of carbonyl (C=O) groups is 2. The molecule has 0 aromatic carbocycles. The number of carbonyl (C=O) groups excluding carboxylic acids is 1. The monoisotopic (exact) mass is 562 g/mol. The van der Waals surface area contributed by atoms with E-state index in [1.54, 1.807) is 0 Å².